The fraction of sp³-hybridized carbons (Fsp3) is 0.600. The SMILES string of the molecule is CO[SiH](CCCCCCCc1ccccc1)OC. The maximum Gasteiger partial charge on any atom is 0.320 e. The summed E-state index contributed by atoms with van der Waals surface area (Å²) in [6.07, 6.45) is 7.76. The maximum atomic E-state index is 5.30. The van der Waals surface area contributed by atoms with Crippen molar-refractivity contribution < 1.29 is 8.85 Å². The first-order chi connectivity index (χ1) is 8.86. The van der Waals surface area contributed by atoms with Crippen molar-refractivity contribution in [2.75, 3.05) is 14.2 Å². The molecule has 18 heavy (non-hydrogen) atoms. The lowest BCUT2D eigenvalue weighted by Crippen LogP contribution is -2.18. The molecule has 0 heterocycles. The molecule has 0 atom stereocenters. The van der Waals surface area contributed by atoms with Crippen LogP contribution in [0.25, 0.3) is 0 Å². The highest BCUT2D eigenvalue weighted by atomic mass is 28.3. The highest BCUT2D eigenvalue weighted by molar-refractivity contribution is 6.44. The summed E-state index contributed by atoms with van der Waals surface area (Å²) < 4.78 is 10.6. The first kappa shape index (κ1) is 15.4. The second kappa shape index (κ2) is 10.3. The van der Waals surface area contributed by atoms with Gasteiger partial charge in [-0.25, -0.2) is 0 Å². The smallest absolute Gasteiger partial charge is 0.320 e. The molecule has 0 N–H and O–H groups in total. The van der Waals surface area contributed by atoms with Crippen molar-refractivity contribution in [3.63, 3.8) is 0 Å². The second-order valence-corrected chi connectivity index (χ2v) is 7.07. The normalized spacial score (nSPS) is 11.1. The summed E-state index contributed by atoms with van der Waals surface area (Å²) in [5.41, 5.74) is 1.46. The van der Waals surface area contributed by atoms with E-state index in [9.17, 15) is 0 Å². The van der Waals surface area contributed by atoms with Crippen LogP contribution in [0.2, 0.25) is 6.04 Å². The molecule has 0 aromatic heterocycles. The van der Waals surface area contributed by atoms with Crippen molar-refractivity contribution in [1.29, 1.82) is 0 Å². The quantitative estimate of drug-likeness (QED) is 0.475. The van der Waals surface area contributed by atoms with E-state index in [4.69, 9.17) is 8.85 Å². The van der Waals surface area contributed by atoms with Gasteiger partial charge in [-0.05, 0) is 24.4 Å². The van der Waals surface area contributed by atoms with Crippen LogP contribution in [0, 0.1) is 0 Å². The van der Waals surface area contributed by atoms with Gasteiger partial charge in [-0.15, -0.1) is 0 Å². The number of hydrogen-bond donors (Lipinski definition) is 0. The summed E-state index contributed by atoms with van der Waals surface area (Å²) in [5, 5.41) is 0. The lowest BCUT2D eigenvalue weighted by atomic mass is 10.1. The fourth-order valence-electron chi connectivity index (χ4n) is 2.15. The van der Waals surface area contributed by atoms with Gasteiger partial charge in [-0.2, -0.15) is 0 Å². The van der Waals surface area contributed by atoms with Crippen molar-refractivity contribution >= 4 is 9.28 Å². The molecule has 0 radical (unpaired) electrons. The topological polar surface area (TPSA) is 18.5 Å². The van der Waals surface area contributed by atoms with Gasteiger partial charge < -0.3 is 8.85 Å². The van der Waals surface area contributed by atoms with Gasteiger partial charge in [0.05, 0.1) is 0 Å². The average Bonchev–Trinajstić information content (AvgIpc) is 2.43. The third-order valence-corrected chi connectivity index (χ3v) is 5.21. The zero-order valence-corrected chi connectivity index (χ0v) is 12.9. The Balaban J connectivity index is 1.93. The van der Waals surface area contributed by atoms with E-state index in [0.29, 0.717) is 0 Å². The number of unbranched alkanes of at least 4 members (excludes halogenated alkanes) is 4. The molecule has 0 unspecified atom stereocenters. The number of hydrogen-bond acceptors (Lipinski definition) is 2. The van der Waals surface area contributed by atoms with Crippen LogP contribution in [0.5, 0.6) is 0 Å². The molecule has 2 nitrogen and oxygen atoms in total. The van der Waals surface area contributed by atoms with Gasteiger partial charge >= 0.3 is 9.28 Å². The van der Waals surface area contributed by atoms with Gasteiger partial charge in [0, 0.05) is 14.2 Å². The minimum Gasteiger partial charge on any atom is -0.400 e. The van der Waals surface area contributed by atoms with E-state index < -0.39 is 9.28 Å². The molecule has 1 aromatic rings. The molecule has 102 valence electrons. The lowest BCUT2D eigenvalue weighted by Gasteiger charge is -2.10. The molecule has 0 saturated carbocycles. The predicted octanol–water partition coefficient (Wildman–Crippen LogP) is 3.69. The summed E-state index contributed by atoms with van der Waals surface area (Å²) in [5.74, 6) is 0. The van der Waals surface area contributed by atoms with Crippen LogP contribution in [0.1, 0.15) is 37.7 Å². The first-order valence-corrected chi connectivity index (χ1v) is 8.72. The van der Waals surface area contributed by atoms with Gasteiger partial charge in [0.2, 0.25) is 0 Å². The molecular formula is C15H26O2Si. The van der Waals surface area contributed by atoms with Crippen LogP contribution in [0.3, 0.4) is 0 Å². The predicted molar refractivity (Wildman–Crippen MR) is 79.2 cm³/mol. The van der Waals surface area contributed by atoms with Gasteiger partial charge in [0.15, 0.2) is 0 Å². The molecular weight excluding hydrogens is 240 g/mol. The highest BCUT2D eigenvalue weighted by Gasteiger charge is 2.07. The molecule has 1 rings (SSSR count). The largest absolute Gasteiger partial charge is 0.400 e. The van der Waals surface area contributed by atoms with Crippen LogP contribution >= 0.6 is 0 Å². The van der Waals surface area contributed by atoms with E-state index in [-0.39, 0.29) is 0 Å². The molecule has 0 saturated heterocycles. The summed E-state index contributed by atoms with van der Waals surface area (Å²) >= 11 is 0. The Morgan fingerprint density at radius 2 is 1.44 bits per heavy atom. The van der Waals surface area contributed by atoms with E-state index in [1.807, 2.05) is 0 Å². The monoisotopic (exact) mass is 266 g/mol. The molecule has 0 amide bonds. The molecule has 0 spiro atoms. The van der Waals surface area contributed by atoms with Gasteiger partial charge in [0.25, 0.3) is 0 Å². The number of benzene rings is 1. The molecule has 3 heteroatoms. The van der Waals surface area contributed by atoms with Gasteiger partial charge in [-0.1, -0.05) is 56.0 Å². The zero-order valence-electron chi connectivity index (χ0n) is 11.7. The van der Waals surface area contributed by atoms with E-state index >= 15 is 0 Å². The maximum absolute atomic E-state index is 5.30. The molecule has 0 aliphatic carbocycles. The summed E-state index contributed by atoms with van der Waals surface area (Å²) in [6.45, 7) is 0. The van der Waals surface area contributed by atoms with Gasteiger partial charge in [-0.3, -0.25) is 0 Å². The Bertz CT molecular complexity index is 286. The van der Waals surface area contributed by atoms with Crippen molar-refractivity contribution in [1.82, 2.24) is 0 Å². The molecule has 0 bridgehead atoms. The van der Waals surface area contributed by atoms with Crippen molar-refractivity contribution in [3.8, 4) is 0 Å². The van der Waals surface area contributed by atoms with Crippen molar-refractivity contribution in [3.05, 3.63) is 35.9 Å². The Kier molecular flexibility index (Phi) is 8.82. The Morgan fingerprint density at radius 3 is 2.11 bits per heavy atom. The average molecular weight is 266 g/mol. The van der Waals surface area contributed by atoms with Crippen LogP contribution < -0.4 is 0 Å². The van der Waals surface area contributed by atoms with E-state index in [2.05, 4.69) is 30.3 Å². The molecule has 0 fully saturated rings. The molecule has 0 aliphatic heterocycles. The van der Waals surface area contributed by atoms with E-state index in [1.54, 1.807) is 14.2 Å². The fourth-order valence-corrected chi connectivity index (χ4v) is 3.43. The van der Waals surface area contributed by atoms with Crippen LogP contribution in [-0.2, 0) is 15.3 Å². The van der Waals surface area contributed by atoms with Gasteiger partial charge in [0.1, 0.15) is 0 Å². The minimum atomic E-state index is -1.30. The first-order valence-electron chi connectivity index (χ1n) is 6.96. The number of aryl methyl sites for hydroxylation is 1. The molecule has 0 aliphatic rings. The van der Waals surface area contributed by atoms with Crippen LogP contribution in [0.4, 0.5) is 0 Å². The summed E-state index contributed by atoms with van der Waals surface area (Å²) in [7, 11) is 2.23. The standard InChI is InChI=1S/C15H26O2Si/c1-16-18(17-2)14-10-5-3-4-7-11-15-12-8-6-9-13-15/h6,8-9,12-13,18H,3-5,7,10-11,14H2,1-2H3. The van der Waals surface area contributed by atoms with E-state index in [0.717, 1.165) is 6.04 Å². The third kappa shape index (κ3) is 6.94. The highest BCUT2D eigenvalue weighted by Crippen LogP contribution is 2.11. The molecule has 1 aromatic carbocycles. The third-order valence-electron chi connectivity index (χ3n) is 3.27. The van der Waals surface area contributed by atoms with E-state index in [1.165, 1.54) is 44.1 Å². The van der Waals surface area contributed by atoms with Crippen LogP contribution in [-0.4, -0.2) is 23.5 Å². The Labute approximate surface area is 113 Å². The number of rotatable bonds is 10. The van der Waals surface area contributed by atoms with Crippen molar-refractivity contribution in [2.24, 2.45) is 0 Å². The van der Waals surface area contributed by atoms with Crippen molar-refractivity contribution in [2.45, 2.75) is 44.6 Å². The Hall–Kier alpha value is -0.643. The van der Waals surface area contributed by atoms with Crippen LogP contribution in [0.15, 0.2) is 30.3 Å². The summed E-state index contributed by atoms with van der Waals surface area (Å²) in [6, 6.07) is 11.9. The zero-order chi connectivity index (χ0) is 13.1. The second-order valence-electron chi connectivity index (χ2n) is 4.69. The Morgan fingerprint density at radius 1 is 0.833 bits per heavy atom. The minimum absolute atomic E-state index is 1.14. The lowest BCUT2D eigenvalue weighted by molar-refractivity contribution is 0.276. The summed E-state index contributed by atoms with van der Waals surface area (Å²) in [4.78, 5) is 0.